The molecule has 0 aliphatic rings. The van der Waals surface area contributed by atoms with Gasteiger partial charge in [-0.05, 0) is 39.3 Å². The molecular formula is C13H15N3O2. The van der Waals surface area contributed by atoms with Gasteiger partial charge < -0.3 is 9.84 Å². The molecule has 1 N–H and O–H groups in total. The largest absolute Gasteiger partial charge is 0.502 e. The van der Waals surface area contributed by atoms with Crippen LogP contribution in [-0.4, -0.2) is 20.1 Å². The summed E-state index contributed by atoms with van der Waals surface area (Å²) in [6.07, 6.45) is 1.36. The lowest BCUT2D eigenvalue weighted by molar-refractivity contribution is 0.387. The highest BCUT2D eigenvalue weighted by Gasteiger charge is 2.13. The van der Waals surface area contributed by atoms with Crippen LogP contribution in [0.25, 0.3) is 0 Å². The molecule has 0 fully saturated rings. The highest BCUT2D eigenvalue weighted by molar-refractivity contribution is 5.43. The first-order chi connectivity index (χ1) is 8.49. The SMILES string of the molecule is Cc1cc(C)c(Oc2ncnc(C)c2O)c(C)n1. The third-order valence-corrected chi connectivity index (χ3v) is 2.63. The minimum atomic E-state index is -0.0446. The van der Waals surface area contributed by atoms with Crippen LogP contribution >= 0.6 is 0 Å². The predicted molar refractivity (Wildman–Crippen MR) is 67.0 cm³/mol. The molecule has 0 saturated carbocycles. The smallest absolute Gasteiger partial charge is 0.265 e. The van der Waals surface area contributed by atoms with Crippen molar-refractivity contribution in [3.05, 3.63) is 35.0 Å². The number of nitrogens with zero attached hydrogens (tertiary/aromatic N) is 3. The van der Waals surface area contributed by atoms with Crippen molar-refractivity contribution in [3.8, 4) is 17.4 Å². The Bertz CT molecular complexity index is 574. The number of hydrogen-bond acceptors (Lipinski definition) is 5. The molecule has 0 bridgehead atoms. The van der Waals surface area contributed by atoms with E-state index < -0.39 is 0 Å². The molecule has 5 nitrogen and oxygen atoms in total. The Labute approximate surface area is 106 Å². The van der Waals surface area contributed by atoms with Gasteiger partial charge in [-0.25, -0.2) is 4.98 Å². The second-order valence-electron chi connectivity index (χ2n) is 4.21. The van der Waals surface area contributed by atoms with E-state index in [2.05, 4.69) is 15.0 Å². The molecule has 0 spiro atoms. The van der Waals surface area contributed by atoms with Gasteiger partial charge in [-0.1, -0.05) is 0 Å². The van der Waals surface area contributed by atoms with Crippen LogP contribution in [0.15, 0.2) is 12.4 Å². The summed E-state index contributed by atoms with van der Waals surface area (Å²) in [6.45, 7) is 7.41. The van der Waals surface area contributed by atoms with Crippen LogP contribution in [0.1, 0.15) is 22.6 Å². The molecule has 2 heterocycles. The summed E-state index contributed by atoms with van der Waals surface area (Å²) in [7, 11) is 0. The van der Waals surface area contributed by atoms with Crippen LogP contribution in [0.3, 0.4) is 0 Å². The quantitative estimate of drug-likeness (QED) is 0.880. The van der Waals surface area contributed by atoms with E-state index in [1.807, 2.05) is 26.8 Å². The molecule has 0 aromatic carbocycles. The molecule has 2 rings (SSSR count). The number of ether oxygens (including phenoxy) is 1. The maximum atomic E-state index is 9.82. The molecule has 0 unspecified atom stereocenters. The zero-order chi connectivity index (χ0) is 13.3. The molecule has 0 aliphatic heterocycles. The second kappa shape index (κ2) is 4.60. The Hall–Kier alpha value is -2.17. The highest BCUT2D eigenvalue weighted by atomic mass is 16.5. The lowest BCUT2D eigenvalue weighted by Crippen LogP contribution is -1.98. The topological polar surface area (TPSA) is 68.1 Å². The third kappa shape index (κ3) is 2.25. The molecule has 2 aromatic heterocycles. The molecule has 5 heteroatoms. The Morgan fingerprint density at radius 3 is 2.44 bits per heavy atom. The Morgan fingerprint density at radius 1 is 1.06 bits per heavy atom. The molecule has 0 amide bonds. The van der Waals surface area contributed by atoms with Crippen LogP contribution in [-0.2, 0) is 0 Å². The van der Waals surface area contributed by atoms with Crippen LogP contribution in [0, 0.1) is 27.7 Å². The average molecular weight is 245 g/mol. The maximum absolute atomic E-state index is 9.82. The third-order valence-electron chi connectivity index (χ3n) is 2.63. The van der Waals surface area contributed by atoms with Gasteiger partial charge in [-0.3, -0.25) is 4.98 Å². The van der Waals surface area contributed by atoms with Crippen molar-refractivity contribution in [1.29, 1.82) is 0 Å². The molecule has 2 aromatic rings. The zero-order valence-corrected chi connectivity index (χ0v) is 10.9. The molecule has 18 heavy (non-hydrogen) atoms. The summed E-state index contributed by atoms with van der Waals surface area (Å²) in [5.74, 6) is 0.727. The summed E-state index contributed by atoms with van der Waals surface area (Å²) in [5.41, 5.74) is 3.13. The summed E-state index contributed by atoms with van der Waals surface area (Å²) in [5, 5.41) is 9.82. The van der Waals surface area contributed by atoms with Crippen LogP contribution in [0.2, 0.25) is 0 Å². The summed E-state index contributed by atoms with van der Waals surface area (Å²) < 4.78 is 5.64. The summed E-state index contributed by atoms with van der Waals surface area (Å²) in [6, 6.07) is 1.92. The number of pyridine rings is 1. The molecule has 94 valence electrons. The second-order valence-corrected chi connectivity index (χ2v) is 4.21. The van der Waals surface area contributed by atoms with Gasteiger partial charge in [0.2, 0.25) is 5.75 Å². The van der Waals surface area contributed by atoms with E-state index in [0.717, 1.165) is 17.0 Å². The van der Waals surface area contributed by atoms with Crippen LogP contribution < -0.4 is 4.74 Å². The molecule has 0 atom stereocenters. The van der Waals surface area contributed by atoms with E-state index >= 15 is 0 Å². The van der Waals surface area contributed by atoms with E-state index in [4.69, 9.17) is 4.74 Å². The lowest BCUT2D eigenvalue weighted by atomic mass is 10.2. The van der Waals surface area contributed by atoms with Crippen molar-refractivity contribution < 1.29 is 9.84 Å². The fourth-order valence-electron chi connectivity index (χ4n) is 1.78. The molecule has 0 aliphatic carbocycles. The van der Waals surface area contributed by atoms with Gasteiger partial charge in [-0.2, -0.15) is 4.98 Å². The standard InChI is InChI=1S/C13H15N3O2/c1-7-5-8(2)16-10(4)12(7)18-13-11(17)9(3)14-6-15-13/h5-6,17H,1-4H3. The van der Waals surface area contributed by atoms with Crippen molar-refractivity contribution in [1.82, 2.24) is 15.0 Å². The first-order valence-electron chi connectivity index (χ1n) is 5.62. The number of aryl methyl sites for hydroxylation is 4. The number of aromatic nitrogens is 3. The van der Waals surface area contributed by atoms with E-state index in [-0.39, 0.29) is 11.6 Å². The fraction of sp³-hybridized carbons (Fsp3) is 0.308. The number of rotatable bonds is 2. The normalized spacial score (nSPS) is 10.4. The van der Waals surface area contributed by atoms with Crippen molar-refractivity contribution in [3.63, 3.8) is 0 Å². The Kier molecular flexibility index (Phi) is 3.14. The monoisotopic (exact) mass is 245 g/mol. The van der Waals surface area contributed by atoms with Gasteiger partial charge in [0.25, 0.3) is 5.88 Å². The zero-order valence-electron chi connectivity index (χ0n) is 10.9. The first kappa shape index (κ1) is 12.3. The van der Waals surface area contributed by atoms with Crippen LogP contribution in [0.5, 0.6) is 17.4 Å². The minimum absolute atomic E-state index is 0.0446. The fourth-order valence-corrected chi connectivity index (χ4v) is 1.78. The minimum Gasteiger partial charge on any atom is -0.502 e. The van der Waals surface area contributed by atoms with Gasteiger partial charge in [-0.15, -0.1) is 0 Å². The Morgan fingerprint density at radius 2 is 1.78 bits per heavy atom. The van der Waals surface area contributed by atoms with Crippen LogP contribution in [0.4, 0.5) is 0 Å². The van der Waals surface area contributed by atoms with Gasteiger partial charge in [0, 0.05) is 5.69 Å². The van der Waals surface area contributed by atoms with Crippen molar-refractivity contribution in [2.75, 3.05) is 0 Å². The van der Waals surface area contributed by atoms with E-state index in [1.165, 1.54) is 6.33 Å². The highest BCUT2D eigenvalue weighted by Crippen LogP contribution is 2.32. The van der Waals surface area contributed by atoms with Crippen molar-refractivity contribution in [2.45, 2.75) is 27.7 Å². The number of hydrogen-bond donors (Lipinski definition) is 1. The lowest BCUT2D eigenvalue weighted by Gasteiger charge is -2.12. The van der Waals surface area contributed by atoms with Crippen molar-refractivity contribution >= 4 is 0 Å². The molecule has 0 radical (unpaired) electrons. The molecular weight excluding hydrogens is 230 g/mol. The summed E-state index contributed by atoms with van der Waals surface area (Å²) >= 11 is 0. The van der Waals surface area contributed by atoms with Crippen molar-refractivity contribution in [2.24, 2.45) is 0 Å². The van der Waals surface area contributed by atoms with E-state index in [1.54, 1.807) is 6.92 Å². The van der Waals surface area contributed by atoms with Gasteiger partial charge >= 0.3 is 0 Å². The van der Waals surface area contributed by atoms with Gasteiger partial charge in [0.1, 0.15) is 6.33 Å². The van der Waals surface area contributed by atoms with Gasteiger partial charge in [0.05, 0.1) is 11.4 Å². The van der Waals surface area contributed by atoms with E-state index in [0.29, 0.717) is 11.4 Å². The summed E-state index contributed by atoms with van der Waals surface area (Å²) in [4.78, 5) is 12.1. The van der Waals surface area contributed by atoms with E-state index in [9.17, 15) is 5.11 Å². The maximum Gasteiger partial charge on any atom is 0.265 e. The Balaban J connectivity index is 2.43. The first-order valence-corrected chi connectivity index (χ1v) is 5.62. The molecule has 0 saturated heterocycles. The predicted octanol–water partition coefficient (Wildman–Crippen LogP) is 2.60. The number of aromatic hydroxyl groups is 1. The van der Waals surface area contributed by atoms with Gasteiger partial charge in [0.15, 0.2) is 5.75 Å². The average Bonchev–Trinajstić information content (AvgIpc) is 2.28.